The Labute approximate surface area is 158 Å². The van der Waals surface area contributed by atoms with E-state index in [-0.39, 0.29) is 29.7 Å². The summed E-state index contributed by atoms with van der Waals surface area (Å²) in [6.07, 6.45) is 2.56. The Balaban J connectivity index is 0.00000264. The molecule has 23 heavy (non-hydrogen) atoms. The number of hydrogen-bond acceptors (Lipinski definition) is 4. The minimum absolute atomic E-state index is 0. The van der Waals surface area contributed by atoms with Crippen LogP contribution in [0.1, 0.15) is 25.3 Å². The number of rotatable bonds is 6. The van der Waals surface area contributed by atoms with E-state index in [0.29, 0.717) is 11.8 Å². The minimum Gasteiger partial charge on any atom is -0.357 e. The van der Waals surface area contributed by atoms with Gasteiger partial charge in [0, 0.05) is 30.5 Å². The van der Waals surface area contributed by atoms with Gasteiger partial charge in [0.2, 0.25) is 0 Å². The number of halogens is 1. The van der Waals surface area contributed by atoms with Gasteiger partial charge in [-0.1, -0.05) is 12.1 Å². The molecule has 2 rings (SSSR count). The van der Waals surface area contributed by atoms with Crippen LogP contribution in [0.25, 0.3) is 0 Å². The number of non-ortho nitro benzene ring substituents is 1. The molecule has 1 atom stereocenters. The van der Waals surface area contributed by atoms with Crippen molar-refractivity contribution in [3.8, 4) is 0 Å². The molecule has 8 heteroatoms. The number of benzene rings is 1. The van der Waals surface area contributed by atoms with Crippen LogP contribution in [0, 0.1) is 10.1 Å². The number of nitrogens with one attached hydrogen (secondary N) is 2. The SMILES string of the molecule is CCNC(=NCc1ccc([N+](=O)[O-])cc1)NCC1CCCS1.I. The van der Waals surface area contributed by atoms with Crippen LogP contribution in [-0.4, -0.2) is 35.0 Å². The van der Waals surface area contributed by atoms with Crippen LogP contribution in [-0.2, 0) is 6.54 Å². The van der Waals surface area contributed by atoms with Crippen LogP contribution in [0.4, 0.5) is 5.69 Å². The average molecular weight is 450 g/mol. The molecule has 1 fully saturated rings. The van der Waals surface area contributed by atoms with E-state index in [0.717, 1.165) is 24.6 Å². The van der Waals surface area contributed by atoms with Gasteiger partial charge in [0.25, 0.3) is 5.69 Å². The first-order valence-electron chi connectivity index (χ1n) is 7.56. The second kappa shape index (κ2) is 10.7. The zero-order valence-electron chi connectivity index (χ0n) is 13.2. The Hall–Kier alpha value is -1.03. The predicted octanol–water partition coefficient (Wildman–Crippen LogP) is 3.16. The second-order valence-corrected chi connectivity index (χ2v) is 6.54. The van der Waals surface area contributed by atoms with Crippen LogP contribution < -0.4 is 10.6 Å². The van der Waals surface area contributed by atoms with E-state index < -0.39 is 4.92 Å². The lowest BCUT2D eigenvalue weighted by molar-refractivity contribution is -0.384. The molecule has 0 saturated carbocycles. The molecule has 1 unspecified atom stereocenters. The Bertz CT molecular complexity index is 519. The van der Waals surface area contributed by atoms with Gasteiger partial charge in [-0.05, 0) is 31.1 Å². The standard InChI is InChI=1S/C15H22N4O2S.HI/c1-2-16-15(18-11-14-4-3-9-22-14)17-10-12-5-7-13(8-6-12)19(20)21;/h5-8,14H,2-4,9-11H2,1H3,(H2,16,17,18);1H. The molecule has 1 aromatic carbocycles. The summed E-state index contributed by atoms with van der Waals surface area (Å²) in [6, 6.07) is 6.52. The van der Waals surface area contributed by atoms with Crippen LogP contribution in [0.15, 0.2) is 29.3 Å². The highest BCUT2D eigenvalue weighted by molar-refractivity contribution is 14.0. The zero-order chi connectivity index (χ0) is 15.8. The zero-order valence-corrected chi connectivity index (χ0v) is 16.3. The lowest BCUT2D eigenvalue weighted by Gasteiger charge is -2.14. The van der Waals surface area contributed by atoms with Gasteiger partial charge >= 0.3 is 0 Å². The molecular weight excluding hydrogens is 427 g/mol. The summed E-state index contributed by atoms with van der Waals surface area (Å²) in [7, 11) is 0. The van der Waals surface area contributed by atoms with E-state index in [2.05, 4.69) is 15.6 Å². The molecule has 0 spiro atoms. The monoisotopic (exact) mass is 450 g/mol. The van der Waals surface area contributed by atoms with Gasteiger partial charge in [0.15, 0.2) is 5.96 Å². The number of thioether (sulfide) groups is 1. The highest BCUT2D eigenvalue weighted by Crippen LogP contribution is 2.25. The number of hydrogen-bond donors (Lipinski definition) is 2. The Morgan fingerprint density at radius 3 is 2.70 bits per heavy atom. The maximum absolute atomic E-state index is 10.6. The first kappa shape index (κ1) is 20.0. The van der Waals surface area contributed by atoms with Gasteiger partial charge < -0.3 is 10.6 Å². The van der Waals surface area contributed by atoms with Crippen molar-refractivity contribution in [2.45, 2.75) is 31.6 Å². The third-order valence-electron chi connectivity index (χ3n) is 3.43. The quantitative estimate of drug-likeness (QED) is 0.229. The van der Waals surface area contributed by atoms with Crippen molar-refractivity contribution in [2.75, 3.05) is 18.8 Å². The molecular formula is C15H23IN4O2S. The maximum Gasteiger partial charge on any atom is 0.269 e. The Morgan fingerprint density at radius 1 is 1.39 bits per heavy atom. The molecule has 0 aromatic heterocycles. The lowest BCUT2D eigenvalue weighted by Crippen LogP contribution is -2.40. The summed E-state index contributed by atoms with van der Waals surface area (Å²) >= 11 is 2.01. The van der Waals surface area contributed by atoms with Crippen molar-refractivity contribution in [2.24, 2.45) is 4.99 Å². The normalized spacial score (nSPS) is 17.4. The molecule has 0 amide bonds. The van der Waals surface area contributed by atoms with E-state index in [9.17, 15) is 10.1 Å². The van der Waals surface area contributed by atoms with Crippen LogP contribution >= 0.6 is 35.7 Å². The number of nitrogens with zero attached hydrogens (tertiary/aromatic N) is 2. The number of aliphatic imine (C=N–C) groups is 1. The van der Waals surface area contributed by atoms with E-state index in [1.807, 2.05) is 18.7 Å². The fourth-order valence-electron chi connectivity index (χ4n) is 2.25. The topological polar surface area (TPSA) is 79.6 Å². The van der Waals surface area contributed by atoms with E-state index in [4.69, 9.17) is 0 Å². The smallest absolute Gasteiger partial charge is 0.269 e. The fraction of sp³-hybridized carbons (Fsp3) is 0.533. The van der Waals surface area contributed by atoms with Crippen LogP contribution in [0.3, 0.4) is 0 Å². The van der Waals surface area contributed by atoms with Crippen molar-refractivity contribution in [1.82, 2.24) is 10.6 Å². The van der Waals surface area contributed by atoms with Gasteiger partial charge in [0.1, 0.15) is 0 Å². The summed E-state index contributed by atoms with van der Waals surface area (Å²) < 4.78 is 0. The molecule has 1 heterocycles. The maximum atomic E-state index is 10.6. The third kappa shape index (κ3) is 6.94. The molecule has 0 aliphatic carbocycles. The molecule has 2 N–H and O–H groups in total. The largest absolute Gasteiger partial charge is 0.357 e. The lowest BCUT2D eigenvalue weighted by atomic mass is 10.2. The molecule has 0 bridgehead atoms. The van der Waals surface area contributed by atoms with Gasteiger partial charge in [-0.25, -0.2) is 4.99 Å². The van der Waals surface area contributed by atoms with Crippen molar-refractivity contribution in [3.63, 3.8) is 0 Å². The summed E-state index contributed by atoms with van der Waals surface area (Å²) in [5.41, 5.74) is 1.06. The number of nitro groups is 1. The predicted molar refractivity (Wildman–Crippen MR) is 107 cm³/mol. The highest BCUT2D eigenvalue weighted by atomic mass is 127. The van der Waals surface area contributed by atoms with Gasteiger partial charge in [-0.15, -0.1) is 24.0 Å². The summed E-state index contributed by atoms with van der Waals surface area (Å²) in [6.45, 7) is 4.28. The second-order valence-electron chi connectivity index (χ2n) is 5.13. The van der Waals surface area contributed by atoms with Gasteiger partial charge in [-0.3, -0.25) is 10.1 Å². The first-order chi connectivity index (χ1) is 10.7. The number of guanidine groups is 1. The Morgan fingerprint density at radius 2 is 2.13 bits per heavy atom. The highest BCUT2D eigenvalue weighted by Gasteiger charge is 2.15. The van der Waals surface area contributed by atoms with E-state index >= 15 is 0 Å². The molecule has 1 aromatic rings. The van der Waals surface area contributed by atoms with Gasteiger partial charge in [-0.2, -0.15) is 11.8 Å². The van der Waals surface area contributed by atoms with Crippen molar-refractivity contribution in [1.29, 1.82) is 0 Å². The van der Waals surface area contributed by atoms with Crippen LogP contribution in [0.2, 0.25) is 0 Å². The molecule has 0 radical (unpaired) electrons. The van der Waals surface area contributed by atoms with Crippen LogP contribution in [0.5, 0.6) is 0 Å². The molecule has 6 nitrogen and oxygen atoms in total. The first-order valence-corrected chi connectivity index (χ1v) is 8.61. The van der Waals surface area contributed by atoms with E-state index in [1.54, 1.807) is 12.1 Å². The molecule has 1 saturated heterocycles. The van der Waals surface area contributed by atoms with E-state index in [1.165, 1.54) is 30.7 Å². The third-order valence-corrected chi connectivity index (χ3v) is 4.83. The average Bonchev–Trinajstić information content (AvgIpc) is 3.04. The fourth-order valence-corrected chi connectivity index (χ4v) is 3.45. The summed E-state index contributed by atoms with van der Waals surface area (Å²) in [5.74, 6) is 2.05. The van der Waals surface area contributed by atoms with Crippen molar-refractivity contribution in [3.05, 3.63) is 39.9 Å². The van der Waals surface area contributed by atoms with Gasteiger partial charge in [0.05, 0.1) is 11.5 Å². The molecule has 1 aliphatic heterocycles. The molecule has 1 aliphatic rings. The summed E-state index contributed by atoms with van der Waals surface area (Å²) in [4.78, 5) is 14.8. The number of nitro benzene ring substituents is 1. The van der Waals surface area contributed by atoms with Crippen molar-refractivity contribution >= 4 is 47.4 Å². The Kier molecular flexibility index (Phi) is 9.30. The minimum atomic E-state index is -0.391. The molecule has 128 valence electrons. The summed E-state index contributed by atoms with van der Waals surface area (Å²) in [5, 5.41) is 17.9. The van der Waals surface area contributed by atoms with Crippen molar-refractivity contribution < 1.29 is 4.92 Å².